The fourth-order valence-electron chi connectivity index (χ4n) is 4.16. The Balaban J connectivity index is 2.06. The van der Waals surface area contributed by atoms with Gasteiger partial charge in [-0.15, -0.1) is 11.8 Å². The highest BCUT2D eigenvalue weighted by molar-refractivity contribution is 8.00. The second kappa shape index (κ2) is 12.8. The van der Waals surface area contributed by atoms with Gasteiger partial charge in [0, 0.05) is 25.0 Å². The number of amides is 1. The fraction of sp³-hybridized carbons (Fsp3) is 0.286. The van der Waals surface area contributed by atoms with Gasteiger partial charge in [-0.2, -0.15) is 12.6 Å². The molecule has 2 N–H and O–H groups in total. The summed E-state index contributed by atoms with van der Waals surface area (Å²) in [6.45, 7) is 0. The smallest absolute Gasteiger partial charge is 0.224 e. The number of thioether (sulfide) groups is 1. The first-order valence-electron chi connectivity index (χ1n) is 11.4. The minimum Gasteiger partial charge on any atom is -0.359 e. The predicted octanol–water partition coefficient (Wildman–Crippen LogP) is 4.55. The molecule has 0 fully saturated rings. The number of Topliss-reactive ketones (excluding diaryl/α,β-unsaturated/α-hetero) is 1. The van der Waals surface area contributed by atoms with E-state index in [2.05, 4.69) is 59.7 Å². The lowest BCUT2D eigenvalue weighted by molar-refractivity contribution is -0.129. The average molecular weight is 493 g/mol. The molecule has 3 aromatic rings. The summed E-state index contributed by atoms with van der Waals surface area (Å²) in [6.07, 6.45) is 0.160. The molecule has 4 nitrogen and oxygen atoms in total. The van der Waals surface area contributed by atoms with Gasteiger partial charge in [-0.1, -0.05) is 91.0 Å². The number of likely N-dealkylation sites (N-methyl/N-ethyl adjacent to an activating group) is 1. The third kappa shape index (κ3) is 5.93. The lowest BCUT2D eigenvalue weighted by Gasteiger charge is -2.36. The highest BCUT2D eigenvalue weighted by Gasteiger charge is 2.38. The van der Waals surface area contributed by atoms with E-state index in [0.717, 1.165) is 16.7 Å². The first kappa shape index (κ1) is 26.1. The van der Waals surface area contributed by atoms with Crippen molar-refractivity contribution in [3.63, 3.8) is 0 Å². The molecule has 0 spiro atoms. The lowest BCUT2D eigenvalue weighted by atomic mass is 9.84. The number of thiol groups is 1. The van der Waals surface area contributed by atoms with E-state index in [1.54, 1.807) is 25.9 Å². The molecule has 0 heterocycles. The van der Waals surface area contributed by atoms with E-state index in [0.29, 0.717) is 11.5 Å². The van der Waals surface area contributed by atoms with Gasteiger partial charge in [0.25, 0.3) is 0 Å². The molecule has 34 heavy (non-hydrogen) atoms. The number of nitrogens with one attached hydrogen (secondary N) is 2. The molecular weight excluding hydrogens is 460 g/mol. The molecule has 0 bridgehead atoms. The SMILES string of the molecule is CNC(=O)[C@H](CSC(c1ccccc1)(c1ccccc1)c1ccccc1)CC(=O)[C@H](CS)NC. The normalized spacial score (nSPS) is 13.1. The van der Waals surface area contributed by atoms with Gasteiger partial charge in [-0.25, -0.2) is 0 Å². The van der Waals surface area contributed by atoms with Crippen LogP contribution in [0.1, 0.15) is 23.1 Å². The first-order valence-corrected chi connectivity index (χ1v) is 13.0. The minimum atomic E-state index is -0.537. The minimum absolute atomic E-state index is 0.00330. The molecule has 0 saturated carbocycles. The Labute approximate surface area is 212 Å². The van der Waals surface area contributed by atoms with E-state index >= 15 is 0 Å². The summed E-state index contributed by atoms with van der Waals surface area (Å²) < 4.78 is -0.537. The van der Waals surface area contributed by atoms with Crippen molar-refractivity contribution in [3.8, 4) is 0 Å². The van der Waals surface area contributed by atoms with Gasteiger partial charge < -0.3 is 10.6 Å². The zero-order valence-electron chi connectivity index (χ0n) is 19.6. The van der Waals surface area contributed by atoms with Crippen LogP contribution in [0.2, 0.25) is 0 Å². The van der Waals surface area contributed by atoms with Crippen molar-refractivity contribution in [3.05, 3.63) is 108 Å². The summed E-state index contributed by atoms with van der Waals surface area (Å²) in [5, 5.41) is 5.76. The van der Waals surface area contributed by atoms with E-state index in [9.17, 15) is 9.59 Å². The van der Waals surface area contributed by atoms with Crippen LogP contribution in [0.4, 0.5) is 0 Å². The second-order valence-corrected chi connectivity index (χ2v) is 9.70. The monoisotopic (exact) mass is 492 g/mol. The van der Waals surface area contributed by atoms with Crippen molar-refractivity contribution in [2.24, 2.45) is 5.92 Å². The summed E-state index contributed by atoms with van der Waals surface area (Å²) in [5.41, 5.74) is 3.38. The third-order valence-corrected chi connectivity index (χ3v) is 8.10. The number of carbonyl (C=O) groups excluding carboxylic acids is 2. The van der Waals surface area contributed by atoms with Crippen LogP contribution in [0, 0.1) is 5.92 Å². The van der Waals surface area contributed by atoms with E-state index in [1.807, 2.05) is 54.6 Å². The van der Waals surface area contributed by atoms with Crippen molar-refractivity contribution >= 4 is 36.1 Å². The van der Waals surface area contributed by atoms with E-state index in [4.69, 9.17) is 0 Å². The van der Waals surface area contributed by atoms with Gasteiger partial charge in [0.15, 0.2) is 5.78 Å². The third-order valence-electron chi connectivity index (χ3n) is 6.03. The maximum absolute atomic E-state index is 12.9. The first-order chi connectivity index (χ1) is 16.6. The van der Waals surface area contributed by atoms with Gasteiger partial charge in [-0.3, -0.25) is 9.59 Å². The highest BCUT2D eigenvalue weighted by atomic mass is 32.2. The Bertz CT molecular complexity index is 945. The van der Waals surface area contributed by atoms with Crippen LogP contribution in [0.3, 0.4) is 0 Å². The van der Waals surface area contributed by atoms with Gasteiger partial charge in [0.1, 0.15) is 0 Å². The van der Waals surface area contributed by atoms with E-state index in [1.165, 1.54) is 0 Å². The second-order valence-electron chi connectivity index (χ2n) is 8.10. The van der Waals surface area contributed by atoms with Crippen molar-refractivity contribution in [1.82, 2.24) is 10.6 Å². The van der Waals surface area contributed by atoms with E-state index < -0.39 is 10.7 Å². The van der Waals surface area contributed by atoms with Gasteiger partial charge >= 0.3 is 0 Å². The maximum atomic E-state index is 12.9. The zero-order valence-corrected chi connectivity index (χ0v) is 21.3. The maximum Gasteiger partial charge on any atom is 0.224 e. The van der Waals surface area contributed by atoms with Gasteiger partial charge in [0.2, 0.25) is 5.91 Å². The topological polar surface area (TPSA) is 58.2 Å². The Morgan fingerprint density at radius 1 is 0.824 bits per heavy atom. The van der Waals surface area contributed by atoms with Crippen LogP contribution in [-0.4, -0.2) is 43.3 Å². The van der Waals surface area contributed by atoms with Crippen LogP contribution < -0.4 is 10.6 Å². The number of rotatable bonds is 12. The molecular formula is C28H32N2O2S2. The fourth-order valence-corrected chi connectivity index (χ4v) is 6.18. The predicted molar refractivity (Wildman–Crippen MR) is 146 cm³/mol. The van der Waals surface area contributed by atoms with Crippen LogP contribution >= 0.6 is 24.4 Å². The Morgan fingerprint density at radius 2 is 1.26 bits per heavy atom. The molecule has 6 heteroatoms. The molecule has 1 amide bonds. The number of hydrogen-bond donors (Lipinski definition) is 3. The zero-order chi connectivity index (χ0) is 24.4. The molecule has 0 aliphatic rings. The van der Waals surface area contributed by atoms with Crippen LogP contribution in [0.5, 0.6) is 0 Å². The number of carbonyl (C=O) groups is 2. The summed E-state index contributed by atoms with van der Waals surface area (Å²) >= 11 is 5.98. The quantitative estimate of drug-likeness (QED) is 0.256. The van der Waals surface area contributed by atoms with Crippen LogP contribution in [-0.2, 0) is 14.3 Å². The Morgan fingerprint density at radius 3 is 1.62 bits per heavy atom. The summed E-state index contributed by atoms with van der Waals surface area (Å²) in [6, 6.07) is 30.7. The highest BCUT2D eigenvalue weighted by Crippen LogP contribution is 2.49. The molecule has 3 rings (SSSR count). The summed E-state index contributed by atoms with van der Waals surface area (Å²) in [5.74, 6) is 0.279. The molecule has 0 aliphatic heterocycles. The molecule has 2 atom stereocenters. The molecule has 0 aromatic heterocycles. The number of ketones is 1. The Hall–Kier alpha value is -2.54. The number of hydrogen-bond acceptors (Lipinski definition) is 5. The van der Waals surface area contributed by atoms with Crippen molar-refractivity contribution < 1.29 is 9.59 Å². The average Bonchev–Trinajstić information content (AvgIpc) is 2.90. The van der Waals surface area contributed by atoms with E-state index in [-0.39, 0.29) is 24.2 Å². The summed E-state index contributed by atoms with van der Waals surface area (Å²) in [4.78, 5) is 25.7. The molecule has 3 aromatic carbocycles. The lowest BCUT2D eigenvalue weighted by Crippen LogP contribution is -2.40. The van der Waals surface area contributed by atoms with Gasteiger partial charge in [-0.05, 0) is 23.7 Å². The van der Waals surface area contributed by atoms with Crippen molar-refractivity contribution in [1.29, 1.82) is 0 Å². The standard InChI is InChI=1S/C28H32N2O2S2/c1-29-25(19-33)26(31)18-21(27(32)30-2)20-34-28(22-12-6-3-7-13-22,23-14-8-4-9-15-23)24-16-10-5-11-17-24/h3-17,21,25,29,33H,18-20H2,1-2H3,(H,30,32)/t21-,25-/m0/s1. The molecule has 0 aliphatic carbocycles. The molecule has 178 valence electrons. The molecule has 0 radical (unpaired) electrons. The largest absolute Gasteiger partial charge is 0.359 e. The van der Waals surface area contributed by atoms with Gasteiger partial charge in [0.05, 0.1) is 16.7 Å². The number of benzene rings is 3. The molecule has 0 saturated heterocycles. The Kier molecular flexibility index (Phi) is 9.81. The van der Waals surface area contributed by atoms with Crippen molar-refractivity contribution in [2.45, 2.75) is 17.2 Å². The summed E-state index contributed by atoms with van der Waals surface area (Å²) in [7, 11) is 3.37. The molecule has 0 unspecified atom stereocenters. The van der Waals surface area contributed by atoms with Crippen LogP contribution in [0.15, 0.2) is 91.0 Å². The van der Waals surface area contributed by atoms with Crippen molar-refractivity contribution in [2.75, 3.05) is 25.6 Å². The van der Waals surface area contributed by atoms with Crippen LogP contribution in [0.25, 0.3) is 0 Å².